The lowest BCUT2D eigenvalue weighted by molar-refractivity contribution is 0.789. The highest BCUT2D eigenvalue weighted by Gasteiger charge is 1.95. The molecule has 3 radical (unpaired) electrons. The Kier molecular flexibility index (Phi) is 5.18. The molecule has 0 aromatic rings. The molecule has 0 fully saturated rings. The molecule has 0 aromatic carbocycles. The summed E-state index contributed by atoms with van der Waals surface area (Å²) >= 11 is 0. The second-order valence-corrected chi connectivity index (χ2v) is 1.93. The minimum absolute atomic E-state index is 0.176. The van der Waals surface area contributed by atoms with Gasteiger partial charge in [0.25, 0.3) is 0 Å². The maximum atomic E-state index is 5.50. The van der Waals surface area contributed by atoms with E-state index in [0.29, 0.717) is 6.54 Å². The van der Waals surface area contributed by atoms with Crippen LogP contribution in [0, 0.1) is 6.42 Å². The number of hydrogen-bond acceptors (Lipinski definition) is 1. The fraction of sp³-hybridized carbons (Fsp3) is 0.833. The van der Waals surface area contributed by atoms with Crippen LogP contribution in [0.5, 0.6) is 0 Å². The molecule has 0 aliphatic rings. The molecular formula is C6H13BN. The normalized spacial score (nSPS) is 13.8. The summed E-state index contributed by atoms with van der Waals surface area (Å²) in [5.41, 5.74) is 5.27. The van der Waals surface area contributed by atoms with Crippen molar-refractivity contribution in [1.82, 2.24) is 0 Å². The van der Waals surface area contributed by atoms with Crippen LogP contribution in [-0.4, -0.2) is 14.4 Å². The lowest BCUT2D eigenvalue weighted by Gasteiger charge is -2.04. The van der Waals surface area contributed by atoms with Gasteiger partial charge in [-0.15, -0.1) is 0 Å². The van der Waals surface area contributed by atoms with Gasteiger partial charge in [-0.05, 0) is 13.0 Å². The van der Waals surface area contributed by atoms with Gasteiger partial charge in [-0.2, -0.15) is 0 Å². The molecule has 0 aliphatic carbocycles. The Morgan fingerprint density at radius 3 is 2.75 bits per heavy atom. The Hall–Kier alpha value is 0.0249. The van der Waals surface area contributed by atoms with Crippen molar-refractivity contribution in [3.63, 3.8) is 0 Å². The third-order valence-electron chi connectivity index (χ3n) is 1.06. The van der Waals surface area contributed by atoms with Crippen LogP contribution in [0.25, 0.3) is 0 Å². The summed E-state index contributed by atoms with van der Waals surface area (Å²) in [4.78, 5) is 0. The molecule has 1 atom stereocenters. The van der Waals surface area contributed by atoms with E-state index in [9.17, 15) is 0 Å². The Balaban J connectivity index is 2.86. The van der Waals surface area contributed by atoms with Crippen LogP contribution in [0.15, 0.2) is 0 Å². The SMILES string of the molecule is [B]C(CN)C[CH]CC. The van der Waals surface area contributed by atoms with Gasteiger partial charge < -0.3 is 5.73 Å². The molecule has 0 aliphatic heterocycles. The van der Waals surface area contributed by atoms with E-state index >= 15 is 0 Å². The molecule has 2 N–H and O–H groups in total. The molecule has 0 amide bonds. The van der Waals surface area contributed by atoms with Gasteiger partial charge in [0.05, 0.1) is 7.85 Å². The summed E-state index contributed by atoms with van der Waals surface area (Å²) in [5.74, 6) is 0.176. The highest BCUT2D eigenvalue weighted by atomic mass is 14.5. The van der Waals surface area contributed by atoms with Gasteiger partial charge >= 0.3 is 0 Å². The molecule has 0 saturated carbocycles. The van der Waals surface area contributed by atoms with Crippen LogP contribution < -0.4 is 5.73 Å². The quantitative estimate of drug-likeness (QED) is 0.534. The minimum Gasteiger partial charge on any atom is -0.331 e. The molecule has 0 rings (SSSR count). The summed E-state index contributed by atoms with van der Waals surface area (Å²) < 4.78 is 0. The summed E-state index contributed by atoms with van der Waals surface area (Å²) in [5, 5.41) is 0. The molecule has 1 unspecified atom stereocenters. The van der Waals surface area contributed by atoms with Gasteiger partial charge in [0.15, 0.2) is 0 Å². The van der Waals surface area contributed by atoms with Crippen LogP contribution in [-0.2, 0) is 0 Å². The molecular weight excluding hydrogens is 96.9 g/mol. The lowest BCUT2D eigenvalue weighted by Crippen LogP contribution is -2.08. The van der Waals surface area contributed by atoms with Gasteiger partial charge in [0.2, 0.25) is 0 Å². The van der Waals surface area contributed by atoms with Crippen molar-refractivity contribution < 1.29 is 0 Å². The molecule has 8 heavy (non-hydrogen) atoms. The first-order valence-corrected chi connectivity index (χ1v) is 3.08. The summed E-state index contributed by atoms with van der Waals surface area (Å²) in [6.07, 6.45) is 4.19. The maximum absolute atomic E-state index is 5.50. The zero-order chi connectivity index (χ0) is 6.41. The number of unbranched alkanes of at least 4 members (excludes halogenated alkanes) is 1. The van der Waals surface area contributed by atoms with Crippen molar-refractivity contribution in [2.75, 3.05) is 6.54 Å². The van der Waals surface area contributed by atoms with E-state index in [-0.39, 0.29) is 5.82 Å². The molecule has 1 nitrogen and oxygen atoms in total. The molecule has 45 valence electrons. The molecule has 0 bridgehead atoms. The van der Waals surface area contributed by atoms with Crippen LogP contribution in [0.3, 0.4) is 0 Å². The predicted molar refractivity (Wildman–Crippen MR) is 37.8 cm³/mol. The standard InChI is InChI=1S/C6H13BN/c1-2-3-4-6(7)5-8/h3,6H,2,4-5,8H2,1H3. The van der Waals surface area contributed by atoms with E-state index < -0.39 is 0 Å². The Bertz CT molecular complexity index is 47.8. The summed E-state index contributed by atoms with van der Waals surface area (Å²) in [7, 11) is 5.50. The summed E-state index contributed by atoms with van der Waals surface area (Å²) in [6, 6.07) is 0. The van der Waals surface area contributed by atoms with Gasteiger partial charge in [-0.3, -0.25) is 0 Å². The van der Waals surface area contributed by atoms with Crippen LogP contribution in [0.4, 0.5) is 0 Å². The highest BCUT2D eigenvalue weighted by molar-refractivity contribution is 6.11. The van der Waals surface area contributed by atoms with Crippen molar-refractivity contribution in [3.8, 4) is 0 Å². The first kappa shape index (κ1) is 8.02. The van der Waals surface area contributed by atoms with Crippen molar-refractivity contribution in [2.24, 2.45) is 5.73 Å². The fourth-order valence-electron chi connectivity index (χ4n) is 0.477. The zero-order valence-electron chi connectivity index (χ0n) is 5.43. The monoisotopic (exact) mass is 110 g/mol. The second kappa shape index (κ2) is 5.17. The minimum atomic E-state index is 0.176. The van der Waals surface area contributed by atoms with E-state index in [4.69, 9.17) is 13.6 Å². The molecule has 0 spiro atoms. The smallest absolute Gasteiger partial charge is 0.0716 e. The Morgan fingerprint density at radius 2 is 2.38 bits per heavy atom. The number of rotatable bonds is 4. The van der Waals surface area contributed by atoms with Crippen molar-refractivity contribution in [2.45, 2.75) is 25.6 Å². The third kappa shape index (κ3) is 4.19. The van der Waals surface area contributed by atoms with Crippen LogP contribution in [0.1, 0.15) is 19.8 Å². The van der Waals surface area contributed by atoms with E-state index in [0.717, 1.165) is 12.8 Å². The number of hydrogen-bond donors (Lipinski definition) is 1. The van der Waals surface area contributed by atoms with E-state index in [1.807, 2.05) is 0 Å². The lowest BCUT2D eigenvalue weighted by atomic mass is 9.83. The van der Waals surface area contributed by atoms with Crippen molar-refractivity contribution in [1.29, 1.82) is 0 Å². The largest absolute Gasteiger partial charge is 0.331 e. The summed E-state index contributed by atoms with van der Waals surface area (Å²) in [6.45, 7) is 2.69. The Morgan fingerprint density at radius 1 is 1.75 bits per heavy atom. The average Bonchev–Trinajstić information content (AvgIpc) is 1.83. The molecule has 0 aromatic heterocycles. The van der Waals surface area contributed by atoms with Gasteiger partial charge in [0, 0.05) is 0 Å². The van der Waals surface area contributed by atoms with Gasteiger partial charge in [-0.1, -0.05) is 25.6 Å². The molecule has 0 heterocycles. The van der Waals surface area contributed by atoms with Crippen molar-refractivity contribution in [3.05, 3.63) is 6.42 Å². The van der Waals surface area contributed by atoms with Crippen molar-refractivity contribution >= 4 is 7.85 Å². The van der Waals surface area contributed by atoms with E-state index in [1.54, 1.807) is 0 Å². The number of nitrogens with two attached hydrogens (primary N) is 1. The van der Waals surface area contributed by atoms with E-state index in [1.165, 1.54) is 0 Å². The average molecular weight is 110 g/mol. The van der Waals surface area contributed by atoms with E-state index in [2.05, 4.69) is 13.3 Å². The van der Waals surface area contributed by atoms with Gasteiger partial charge in [0.1, 0.15) is 0 Å². The maximum Gasteiger partial charge on any atom is 0.0716 e. The highest BCUT2D eigenvalue weighted by Crippen LogP contribution is 2.05. The van der Waals surface area contributed by atoms with Crippen LogP contribution >= 0.6 is 0 Å². The zero-order valence-corrected chi connectivity index (χ0v) is 5.43. The van der Waals surface area contributed by atoms with Gasteiger partial charge in [-0.25, -0.2) is 0 Å². The second-order valence-electron chi connectivity index (χ2n) is 1.93. The Labute approximate surface area is 53.1 Å². The first-order valence-electron chi connectivity index (χ1n) is 3.08. The third-order valence-corrected chi connectivity index (χ3v) is 1.06. The molecule has 0 saturated heterocycles. The molecule has 2 heteroatoms. The topological polar surface area (TPSA) is 26.0 Å². The predicted octanol–water partition coefficient (Wildman–Crippen LogP) is 0.906. The van der Waals surface area contributed by atoms with Crippen LogP contribution in [0.2, 0.25) is 5.82 Å². The first-order chi connectivity index (χ1) is 3.81. The fourth-order valence-corrected chi connectivity index (χ4v) is 0.477.